The Bertz CT molecular complexity index is 408. The number of guanidine groups is 1. The zero-order valence-corrected chi connectivity index (χ0v) is 17.7. The first-order valence-corrected chi connectivity index (χ1v) is 9.59. The minimum atomic E-state index is 0. The molecule has 2 aliphatic carbocycles. The van der Waals surface area contributed by atoms with Crippen LogP contribution < -0.4 is 10.6 Å². The molecule has 6 heteroatoms. The van der Waals surface area contributed by atoms with Gasteiger partial charge in [-0.05, 0) is 52.1 Å². The molecule has 0 radical (unpaired) electrons. The first-order valence-electron chi connectivity index (χ1n) is 9.59. The fraction of sp³-hybridized carbons (Fsp3) is 0.944. The van der Waals surface area contributed by atoms with E-state index in [1.54, 1.807) is 0 Å². The van der Waals surface area contributed by atoms with Crippen LogP contribution in [0, 0.1) is 5.41 Å². The van der Waals surface area contributed by atoms with Gasteiger partial charge < -0.3 is 20.3 Å². The Labute approximate surface area is 164 Å². The number of hydrogen-bond donors (Lipinski definition) is 2. The average Bonchev–Trinajstić information content (AvgIpc) is 2.51. The third-order valence-electron chi connectivity index (χ3n) is 6.14. The second kappa shape index (κ2) is 9.57. The summed E-state index contributed by atoms with van der Waals surface area (Å²) in [4.78, 5) is 6.98. The molecule has 140 valence electrons. The summed E-state index contributed by atoms with van der Waals surface area (Å²) in [7, 11) is 1.88. The number of piperidine rings is 1. The van der Waals surface area contributed by atoms with Gasteiger partial charge in [0.1, 0.15) is 0 Å². The number of aliphatic imine (C=N–C) groups is 1. The third kappa shape index (κ3) is 4.36. The van der Waals surface area contributed by atoms with E-state index in [4.69, 9.17) is 4.74 Å². The van der Waals surface area contributed by atoms with Crippen molar-refractivity contribution < 1.29 is 4.74 Å². The number of nitrogens with one attached hydrogen (secondary N) is 2. The lowest BCUT2D eigenvalue weighted by Crippen LogP contribution is -2.68. The average molecular weight is 450 g/mol. The highest BCUT2D eigenvalue weighted by Crippen LogP contribution is 2.57. The maximum Gasteiger partial charge on any atom is 0.191 e. The molecule has 1 spiro atoms. The van der Waals surface area contributed by atoms with Gasteiger partial charge in [0.25, 0.3) is 0 Å². The molecule has 0 bridgehead atoms. The molecule has 1 saturated heterocycles. The van der Waals surface area contributed by atoms with Crippen molar-refractivity contribution in [2.45, 2.75) is 64.0 Å². The Morgan fingerprint density at radius 2 is 1.96 bits per heavy atom. The largest absolute Gasteiger partial charge is 0.378 e. The first-order chi connectivity index (χ1) is 11.3. The molecule has 24 heavy (non-hydrogen) atoms. The Morgan fingerprint density at radius 3 is 2.54 bits per heavy atom. The summed E-state index contributed by atoms with van der Waals surface area (Å²) < 4.78 is 5.93. The SMILES string of the molecule is CCOC1CC(NC(=NC)NCCN2CCCCC2)C12CCC2.I. The highest BCUT2D eigenvalue weighted by Gasteiger charge is 2.59. The quantitative estimate of drug-likeness (QED) is 0.371. The van der Waals surface area contributed by atoms with Crippen LogP contribution in [0.1, 0.15) is 51.9 Å². The highest BCUT2D eigenvalue weighted by atomic mass is 127. The van der Waals surface area contributed by atoms with E-state index in [2.05, 4.69) is 27.4 Å². The molecule has 2 N–H and O–H groups in total. The van der Waals surface area contributed by atoms with E-state index in [1.165, 1.54) is 51.6 Å². The number of nitrogens with zero attached hydrogens (tertiary/aromatic N) is 2. The summed E-state index contributed by atoms with van der Waals surface area (Å²) in [5.74, 6) is 0.966. The predicted molar refractivity (Wildman–Crippen MR) is 110 cm³/mol. The number of rotatable bonds is 6. The second-order valence-corrected chi connectivity index (χ2v) is 7.36. The topological polar surface area (TPSA) is 48.9 Å². The van der Waals surface area contributed by atoms with E-state index in [0.29, 0.717) is 17.6 Å². The fourth-order valence-electron chi connectivity index (χ4n) is 4.52. The van der Waals surface area contributed by atoms with Crippen molar-refractivity contribution in [3.05, 3.63) is 0 Å². The molecule has 0 aromatic rings. The number of hydrogen-bond acceptors (Lipinski definition) is 3. The van der Waals surface area contributed by atoms with E-state index in [1.807, 2.05) is 7.05 Å². The van der Waals surface area contributed by atoms with Crippen molar-refractivity contribution in [1.82, 2.24) is 15.5 Å². The molecule has 3 fully saturated rings. The van der Waals surface area contributed by atoms with Gasteiger partial charge in [-0.3, -0.25) is 4.99 Å². The van der Waals surface area contributed by atoms with E-state index in [-0.39, 0.29) is 24.0 Å². The van der Waals surface area contributed by atoms with Gasteiger partial charge in [0, 0.05) is 38.2 Å². The number of ether oxygens (including phenoxy) is 1. The zero-order valence-electron chi connectivity index (χ0n) is 15.4. The Hall–Kier alpha value is -0.0800. The number of halogens is 1. The molecular formula is C18H35IN4O. The van der Waals surface area contributed by atoms with Crippen molar-refractivity contribution >= 4 is 29.9 Å². The first kappa shape index (κ1) is 20.2. The summed E-state index contributed by atoms with van der Waals surface area (Å²) in [5.41, 5.74) is 0.389. The predicted octanol–water partition coefficient (Wildman–Crippen LogP) is 2.60. The van der Waals surface area contributed by atoms with Crippen LogP contribution in [0.3, 0.4) is 0 Å². The van der Waals surface area contributed by atoms with Crippen LogP contribution in [0.2, 0.25) is 0 Å². The maximum absolute atomic E-state index is 5.93. The molecule has 3 aliphatic rings. The lowest BCUT2D eigenvalue weighted by Gasteiger charge is -2.61. The molecule has 5 nitrogen and oxygen atoms in total. The summed E-state index contributed by atoms with van der Waals surface area (Å²) in [6, 6.07) is 0.536. The van der Waals surface area contributed by atoms with Gasteiger partial charge in [0.05, 0.1) is 6.10 Å². The van der Waals surface area contributed by atoms with Gasteiger partial charge >= 0.3 is 0 Å². The summed E-state index contributed by atoms with van der Waals surface area (Å²) in [6.07, 6.45) is 9.67. The molecule has 1 aliphatic heterocycles. The van der Waals surface area contributed by atoms with Crippen LogP contribution in [0.5, 0.6) is 0 Å². The van der Waals surface area contributed by atoms with Gasteiger partial charge in [-0.1, -0.05) is 12.8 Å². The standard InChI is InChI=1S/C18H34N4O.HI/c1-3-23-16-14-15(18(16)8-7-9-18)21-17(19-2)20-10-13-22-11-5-4-6-12-22;/h15-16H,3-14H2,1-2H3,(H2,19,20,21);1H. The third-order valence-corrected chi connectivity index (χ3v) is 6.14. The van der Waals surface area contributed by atoms with Gasteiger partial charge in [-0.2, -0.15) is 0 Å². The molecule has 2 atom stereocenters. The lowest BCUT2D eigenvalue weighted by molar-refractivity contribution is -0.168. The number of likely N-dealkylation sites (tertiary alicyclic amines) is 1. The van der Waals surface area contributed by atoms with Gasteiger partial charge in [0.2, 0.25) is 0 Å². The zero-order chi connectivity index (χ0) is 16.1. The van der Waals surface area contributed by atoms with Crippen molar-refractivity contribution in [1.29, 1.82) is 0 Å². The van der Waals surface area contributed by atoms with Crippen LogP contribution in [-0.2, 0) is 4.74 Å². The molecule has 0 amide bonds. The Morgan fingerprint density at radius 1 is 1.21 bits per heavy atom. The Balaban J connectivity index is 0.00000208. The van der Waals surface area contributed by atoms with Crippen molar-refractivity contribution in [2.24, 2.45) is 10.4 Å². The molecule has 0 aromatic carbocycles. The minimum Gasteiger partial charge on any atom is -0.378 e. The fourth-order valence-corrected chi connectivity index (χ4v) is 4.52. The van der Waals surface area contributed by atoms with Crippen LogP contribution in [-0.4, -0.2) is 62.8 Å². The highest BCUT2D eigenvalue weighted by molar-refractivity contribution is 14.0. The Kier molecular flexibility index (Phi) is 8.07. The molecule has 1 heterocycles. The summed E-state index contributed by atoms with van der Waals surface area (Å²) in [5, 5.41) is 7.17. The molecule has 0 aromatic heterocycles. The smallest absolute Gasteiger partial charge is 0.191 e. The minimum absolute atomic E-state index is 0. The van der Waals surface area contributed by atoms with Crippen molar-refractivity contribution in [3.8, 4) is 0 Å². The molecular weight excluding hydrogens is 415 g/mol. The van der Waals surface area contributed by atoms with Crippen LogP contribution >= 0.6 is 24.0 Å². The summed E-state index contributed by atoms with van der Waals surface area (Å²) in [6.45, 7) is 7.56. The van der Waals surface area contributed by atoms with E-state index in [9.17, 15) is 0 Å². The van der Waals surface area contributed by atoms with Gasteiger partial charge in [-0.15, -0.1) is 24.0 Å². The van der Waals surface area contributed by atoms with Crippen molar-refractivity contribution in [2.75, 3.05) is 39.8 Å². The summed E-state index contributed by atoms with van der Waals surface area (Å²) >= 11 is 0. The normalized spacial score (nSPS) is 29.3. The van der Waals surface area contributed by atoms with Gasteiger partial charge in [-0.25, -0.2) is 0 Å². The monoisotopic (exact) mass is 450 g/mol. The lowest BCUT2D eigenvalue weighted by atomic mass is 9.51. The second-order valence-electron chi connectivity index (χ2n) is 7.36. The van der Waals surface area contributed by atoms with Crippen LogP contribution in [0.25, 0.3) is 0 Å². The van der Waals surface area contributed by atoms with Crippen LogP contribution in [0.15, 0.2) is 4.99 Å². The van der Waals surface area contributed by atoms with E-state index >= 15 is 0 Å². The van der Waals surface area contributed by atoms with Crippen molar-refractivity contribution in [3.63, 3.8) is 0 Å². The maximum atomic E-state index is 5.93. The van der Waals surface area contributed by atoms with E-state index < -0.39 is 0 Å². The molecule has 2 unspecified atom stereocenters. The molecule has 3 rings (SSSR count). The van der Waals surface area contributed by atoms with Gasteiger partial charge in [0.15, 0.2) is 5.96 Å². The van der Waals surface area contributed by atoms with E-state index in [0.717, 1.165) is 32.1 Å². The molecule has 2 saturated carbocycles. The van der Waals surface area contributed by atoms with Crippen LogP contribution in [0.4, 0.5) is 0 Å².